The molecule has 2 rings (SSSR count). The number of ether oxygens (including phenoxy) is 1. The molecule has 0 aliphatic carbocycles. The largest absolute Gasteiger partial charge is 0.419 e. The van der Waals surface area contributed by atoms with Crippen molar-refractivity contribution in [2.45, 2.75) is 43.2 Å². The molecule has 1 unspecified atom stereocenters. The fraction of sp³-hybridized carbons (Fsp3) is 0.909. The van der Waals surface area contributed by atoms with Crippen LogP contribution in [0.2, 0.25) is 0 Å². The highest BCUT2D eigenvalue weighted by Crippen LogP contribution is 2.38. The lowest BCUT2D eigenvalue weighted by Crippen LogP contribution is -2.49. The molecule has 5 nitrogen and oxygen atoms in total. The number of rotatable bonds is 2. The molecule has 0 spiro atoms. The number of hydrogen-bond donors (Lipinski definition) is 2. The molecule has 0 aromatic carbocycles. The molecule has 0 aromatic rings. The topological polar surface area (TPSA) is 75.8 Å². The summed E-state index contributed by atoms with van der Waals surface area (Å²) in [5.74, 6) is -0.490. The predicted molar refractivity (Wildman–Crippen MR) is 66.4 cm³/mol. The summed E-state index contributed by atoms with van der Waals surface area (Å²) in [4.78, 5) is 13.0. The van der Waals surface area contributed by atoms with Crippen molar-refractivity contribution in [2.24, 2.45) is 5.73 Å². The molecule has 0 aromatic heterocycles. The third-order valence-electron chi connectivity index (χ3n) is 3.73. The lowest BCUT2D eigenvalue weighted by molar-refractivity contribution is -0.253. The Hall–Kier alpha value is -0.570. The first kappa shape index (κ1) is 17.5. The average Bonchev–Trinajstić information content (AvgIpc) is 2.94. The standard InChI is InChI=1S/C11H17F3N2O3.ClH/c12-11(13,14)10(18)3-4-16(6-10)9(17)8-2-1-7(5-15)19-8;/h7-8,18H,1-6,15H2;1H/t7-,8+,10?;/m1./s1. The summed E-state index contributed by atoms with van der Waals surface area (Å²) < 4.78 is 43.3. The van der Waals surface area contributed by atoms with Crippen LogP contribution in [0, 0.1) is 0 Å². The molecule has 9 heteroatoms. The van der Waals surface area contributed by atoms with Crippen LogP contribution in [0.5, 0.6) is 0 Å². The highest BCUT2D eigenvalue weighted by Gasteiger charge is 2.58. The van der Waals surface area contributed by atoms with Crippen molar-refractivity contribution in [3.63, 3.8) is 0 Å². The summed E-state index contributed by atoms with van der Waals surface area (Å²) in [6, 6.07) is 0. The Kier molecular flexibility index (Phi) is 5.29. The number of carbonyl (C=O) groups is 1. The van der Waals surface area contributed by atoms with Crippen LogP contribution in [-0.2, 0) is 9.53 Å². The summed E-state index contributed by atoms with van der Waals surface area (Å²) in [5, 5.41) is 9.51. The van der Waals surface area contributed by atoms with E-state index in [9.17, 15) is 23.1 Å². The van der Waals surface area contributed by atoms with Crippen molar-refractivity contribution in [3.05, 3.63) is 0 Å². The monoisotopic (exact) mass is 318 g/mol. The van der Waals surface area contributed by atoms with Gasteiger partial charge in [0.15, 0.2) is 5.60 Å². The third-order valence-corrected chi connectivity index (χ3v) is 3.73. The first-order chi connectivity index (χ1) is 8.77. The van der Waals surface area contributed by atoms with E-state index in [0.29, 0.717) is 12.8 Å². The molecular formula is C11H18ClF3N2O3. The average molecular weight is 319 g/mol. The Morgan fingerprint density at radius 1 is 1.45 bits per heavy atom. The van der Waals surface area contributed by atoms with Crippen molar-refractivity contribution in [3.8, 4) is 0 Å². The number of β-amino-alcohol motifs (C(OH)–C–C–N with tert-alkyl or cyclic N) is 1. The Morgan fingerprint density at radius 2 is 2.10 bits per heavy atom. The Bertz CT molecular complexity index is 369. The van der Waals surface area contributed by atoms with E-state index >= 15 is 0 Å². The lowest BCUT2D eigenvalue weighted by Gasteiger charge is -2.26. The highest BCUT2D eigenvalue weighted by molar-refractivity contribution is 5.85. The van der Waals surface area contributed by atoms with Gasteiger partial charge >= 0.3 is 6.18 Å². The maximum atomic E-state index is 12.6. The smallest absolute Gasteiger partial charge is 0.379 e. The molecule has 2 aliphatic heterocycles. The predicted octanol–water partition coefficient (Wildman–Crippen LogP) is 0.440. The Balaban J connectivity index is 0.00000200. The molecule has 2 saturated heterocycles. The van der Waals surface area contributed by atoms with Crippen LogP contribution in [0.3, 0.4) is 0 Å². The number of amides is 1. The van der Waals surface area contributed by atoms with Crippen molar-refractivity contribution in [1.82, 2.24) is 4.90 Å². The van der Waals surface area contributed by atoms with Gasteiger partial charge in [-0.05, 0) is 12.8 Å². The first-order valence-corrected chi connectivity index (χ1v) is 6.20. The van der Waals surface area contributed by atoms with Crippen LogP contribution in [0.15, 0.2) is 0 Å². The van der Waals surface area contributed by atoms with Gasteiger partial charge in [0.05, 0.1) is 12.6 Å². The second kappa shape index (κ2) is 6.05. The summed E-state index contributed by atoms with van der Waals surface area (Å²) in [7, 11) is 0. The van der Waals surface area contributed by atoms with Gasteiger partial charge in [0.1, 0.15) is 6.10 Å². The number of carbonyl (C=O) groups excluding carboxylic acids is 1. The van der Waals surface area contributed by atoms with Crippen molar-refractivity contribution >= 4 is 18.3 Å². The van der Waals surface area contributed by atoms with Crippen LogP contribution < -0.4 is 5.73 Å². The summed E-state index contributed by atoms with van der Waals surface area (Å²) in [5.41, 5.74) is 2.61. The second-order valence-electron chi connectivity index (χ2n) is 5.10. The normalized spacial score (nSPS) is 34.1. The van der Waals surface area contributed by atoms with Gasteiger partial charge in [-0.15, -0.1) is 12.4 Å². The van der Waals surface area contributed by atoms with Gasteiger partial charge in [-0.1, -0.05) is 0 Å². The van der Waals surface area contributed by atoms with E-state index in [2.05, 4.69) is 0 Å². The third kappa shape index (κ3) is 3.19. The number of nitrogens with two attached hydrogens (primary N) is 1. The SMILES string of the molecule is Cl.NC[C@H]1CC[C@@H](C(=O)N2CCC(O)(C(F)(F)F)C2)O1. The van der Waals surface area contributed by atoms with Crippen molar-refractivity contribution < 1.29 is 27.8 Å². The summed E-state index contributed by atoms with van der Waals surface area (Å²) in [6.07, 6.45) is -5.07. The van der Waals surface area contributed by atoms with Crippen LogP contribution in [0.25, 0.3) is 0 Å². The zero-order valence-electron chi connectivity index (χ0n) is 10.7. The number of halogens is 4. The molecule has 2 fully saturated rings. The maximum absolute atomic E-state index is 12.6. The number of nitrogens with zero attached hydrogens (tertiary/aromatic N) is 1. The first-order valence-electron chi connectivity index (χ1n) is 6.20. The van der Waals surface area contributed by atoms with E-state index in [1.807, 2.05) is 0 Å². The molecular weight excluding hydrogens is 301 g/mol. The maximum Gasteiger partial charge on any atom is 0.419 e. The quantitative estimate of drug-likeness (QED) is 0.775. The second-order valence-corrected chi connectivity index (χ2v) is 5.10. The Morgan fingerprint density at radius 3 is 2.55 bits per heavy atom. The van der Waals surface area contributed by atoms with E-state index in [-0.39, 0.29) is 31.6 Å². The highest BCUT2D eigenvalue weighted by atomic mass is 35.5. The van der Waals surface area contributed by atoms with Gasteiger partial charge in [-0.25, -0.2) is 0 Å². The van der Waals surface area contributed by atoms with Gasteiger partial charge in [0.25, 0.3) is 5.91 Å². The molecule has 0 saturated carbocycles. The van der Waals surface area contributed by atoms with E-state index in [1.54, 1.807) is 0 Å². The molecule has 3 atom stereocenters. The minimum atomic E-state index is -4.72. The van der Waals surface area contributed by atoms with Gasteiger partial charge in [0, 0.05) is 19.5 Å². The molecule has 0 radical (unpaired) electrons. The Labute approximate surface area is 120 Å². The molecule has 2 heterocycles. The van der Waals surface area contributed by atoms with Gasteiger partial charge < -0.3 is 20.5 Å². The number of alkyl halides is 3. The van der Waals surface area contributed by atoms with Gasteiger partial charge in [0.2, 0.25) is 0 Å². The molecule has 1 amide bonds. The summed E-state index contributed by atoms with van der Waals surface area (Å²) in [6.45, 7) is -0.541. The fourth-order valence-corrected chi connectivity index (χ4v) is 2.48. The minimum absolute atomic E-state index is 0. The molecule has 0 bridgehead atoms. The van der Waals surface area contributed by atoms with E-state index < -0.39 is 36.8 Å². The molecule has 20 heavy (non-hydrogen) atoms. The van der Waals surface area contributed by atoms with Gasteiger partial charge in [-0.3, -0.25) is 4.79 Å². The van der Waals surface area contributed by atoms with Crippen LogP contribution in [0.1, 0.15) is 19.3 Å². The zero-order valence-corrected chi connectivity index (χ0v) is 11.5. The van der Waals surface area contributed by atoms with Crippen LogP contribution >= 0.6 is 12.4 Å². The molecule has 2 aliphatic rings. The molecule has 118 valence electrons. The molecule has 3 N–H and O–H groups in total. The van der Waals surface area contributed by atoms with Crippen molar-refractivity contribution in [2.75, 3.05) is 19.6 Å². The van der Waals surface area contributed by atoms with E-state index in [4.69, 9.17) is 10.5 Å². The van der Waals surface area contributed by atoms with E-state index in [1.165, 1.54) is 0 Å². The number of likely N-dealkylation sites (tertiary alicyclic amines) is 1. The number of aliphatic hydroxyl groups is 1. The lowest BCUT2D eigenvalue weighted by atomic mass is 10.0. The zero-order chi connectivity index (χ0) is 14.3. The van der Waals surface area contributed by atoms with Gasteiger partial charge in [-0.2, -0.15) is 13.2 Å². The summed E-state index contributed by atoms with van der Waals surface area (Å²) >= 11 is 0. The fourth-order valence-electron chi connectivity index (χ4n) is 2.48. The van der Waals surface area contributed by atoms with Crippen LogP contribution in [0.4, 0.5) is 13.2 Å². The van der Waals surface area contributed by atoms with Crippen LogP contribution in [-0.4, -0.2) is 59.5 Å². The number of hydrogen-bond acceptors (Lipinski definition) is 4. The minimum Gasteiger partial charge on any atom is -0.379 e. The van der Waals surface area contributed by atoms with Crippen molar-refractivity contribution in [1.29, 1.82) is 0 Å². The van der Waals surface area contributed by atoms with E-state index in [0.717, 1.165) is 4.90 Å².